The predicted molar refractivity (Wildman–Crippen MR) is 100 cm³/mol. The lowest BCUT2D eigenvalue weighted by Gasteiger charge is -2.15. The van der Waals surface area contributed by atoms with E-state index in [1.165, 1.54) is 24.3 Å². The molecule has 0 atom stereocenters. The number of rotatable bonds is 4. The SMILES string of the molecule is O=C(CCN1C(=O)c2ccccc2C1=O)NNC(=S)Nc1ccc(F)cc1. The summed E-state index contributed by atoms with van der Waals surface area (Å²) < 4.78 is 12.8. The molecule has 7 nitrogen and oxygen atoms in total. The zero-order valence-corrected chi connectivity index (χ0v) is 14.8. The first kappa shape index (κ1) is 18.5. The van der Waals surface area contributed by atoms with E-state index in [0.717, 1.165) is 4.90 Å². The van der Waals surface area contributed by atoms with E-state index in [0.29, 0.717) is 16.8 Å². The monoisotopic (exact) mass is 386 g/mol. The normalized spacial score (nSPS) is 12.6. The highest BCUT2D eigenvalue weighted by Gasteiger charge is 2.34. The van der Waals surface area contributed by atoms with Crippen LogP contribution in [-0.4, -0.2) is 34.3 Å². The molecular formula is C18H15FN4O3S. The molecule has 0 spiro atoms. The van der Waals surface area contributed by atoms with Crippen LogP contribution in [0.1, 0.15) is 27.1 Å². The van der Waals surface area contributed by atoms with Crippen molar-refractivity contribution in [3.8, 4) is 0 Å². The molecule has 0 aromatic heterocycles. The van der Waals surface area contributed by atoms with Crippen LogP contribution in [0, 0.1) is 5.82 Å². The average Bonchev–Trinajstić information content (AvgIpc) is 2.91. The van der Waals surface area contributed by atoms with Crippen molar-refractivity contribution >= 4 is 40.7 Å². The number of nitrogens with zero attached hydrogens (tertiary/aromatic N) is 1. The molecule has 2 aromatic carbocycles. The number of halogens is 1. The van der Waals surface area contributed by atoms with Gasteiger partial charge in [0.2, 0.25) is 5.91 Å². The van der Waals surface area contributed by atoms with Gasteiger partial charge in [-0.25, -0.2) is 4.39 Å². The molecule has 1 aliphatic heterocycles. The Labute approximate surface area is 159 Å². The highest BCUT2D eigenvalue weighted by molar-refractivity contribution is 7.80. The molecule has 3 amide bonds. The zero-order valence-electron chi connectivity index (χ0n) is 14.0. The van der Waals surface area contributed by atoms with Crippen molar-refractivity contribution in [2.75, 3.05) is 11.9 Å². The van der Waals surface area contributed by atoms with Gasteiger partial charge in [0.05, 0.1) is 11.1 Å². The van der Waals surface area contributed by atoms with Gasteiger partial charge in [0, 0.05) is 18.7 Å². The minimum absolute atomic E-state index is 0.0436. The molecule has 138 valence electrons. The first-order valence-corrected chi connectivity index (χ1v) is 8.43. The molecule has 0 bridgehead atoms. The second-order valence-corrected chi connectivity index (χ2v) is 6.10. The van der Waals surface area contributed by atoms with Crippen LogP contribution in [-0.2, 0) is 4.79 Å². The summed E-state index contributed by atoms with van der Waals surface area (Å²) in [5.74, 6) is -1.65. The molecule has 2 aromatic rings. The van der Waals surface area contributed by atoms with Crippen LogP contribution in [0.4, 0.5) is 10.1 Å². The molecular weight excluding hydrogens is 371 g/mol. The molecule has 0 unspecified atom stereocenters. The number of carbonyl (C=O) groups is 3. The standard InChI is InChI=1S/C18H15FN4O3S/c19-11-5-7-12(8-6-11)20-18(27)22-21-15(24)9-10-23-16(25)13-3-1-2-4-14(13)17(23)26/h1-8H,9-10H2,(H,21,24)(H2,20,22,27). The van der Waals surface area contributed by atoms with E-state index in [4.69, 9.17) is 12.2 Å². The van der Waals surface area contributed by atoms with Crippen LogP contribution in [0.5, 0.6) is 0 Å². The molecule has 27 heavy (non-hydrogen) atoms. The zero-order chi connectivity index (χ0) is 19.4. The maximum absolute atomic E-state index is 12.8. The van der Waals surface area contributed by atoms with Crippen molar-refractivity contribution in [2.45, 2.75) is 6.42 Å². The van der Waals surface area contributed by atoms with Gasteiger partial charge in [-0.2, -0.15) is 0 Å². The van der Waals surface area contributed by atoms with Crippen molar-refractivity contribution in [3.63, 3.8) is 0 Å². The molecule has 3 N–H and O–H groups in total. The molecule has 0 aliphatic carbocycles. The Bertz CT molecular complexity index is 882. The van der Waals surface area contributed by atoms with Crippen LogP contribution >= 0.6 is 12.2 Å². The summed E-state index contributed by atoms with van der Waals surface area (Å²) in [6, 6.07) is 12.0. The van der Waals surface area contributed by atoms with Crippen LogP contribution < -0.4 is 16.2 Å². The molecule has 1 heterocycles. The Morgan fingerprint density at radius 2 is 1.56 bits per heavy atom. The summed E-state index contributed by atoms with van der Waals surface area (Å²) in [7, 11) is 0. The summed E-state index contributed by atoms with van der Waals surface area (Å²) in [5.41, 5.74) is 6.10. The minimum atomic E-state index is -0.449. The number of hydrogen-bond donors (Lipinski definition) is 3. The summed E-state index contributed by atoms with van der Waals surface area (Å²) in [4.78, 5) is 37.4. The number of imide groups is 1. The second-order valence-electron chi connectivity index (χ2n) is 5.69. The molecule has 0 radical (unpaired) electrons. The van der Waals surface area contributed by atoms with E-state index in [-0.39, 0.29) is 23.9 Å². The summed E-state index contributed by atoms with van der Waals surface area (Å²) in [6.07, 6.45) is -0.0857. The smallest absolute Gasteiger partial charge is 0.261 e. The van der Waals surface area contributed by atoms with Gasteiger partial charge in [-0.1, -0.05) is 12.1 Å². The van der Waals surface area contributed by atoms with Crippen LogP contribution in [0.2, 0.25) is 0 Å². The highest BCUT2D eigenvalue weighted by Crippen LogP contribution is 2.22. The second kappa shape index (κ2) is 7.92. The fraction of sp³-hybridized carbons (Fsp3) is 0.111. The van der Waals surface area contributed by atoms with Crippen molar-refractivity contribution in [2.24, 2.45) is 0 Å². The lowest BCUT2D eigenvalue weighted by atomic mass is 10.1. The Kier molecular flexibility index (Phi) is 5.41. The summed E-state index contributed by atoms with van der Waals surface area (Å²) in [5, 5.41) is 2.88. The number of fused-ring (bicyclic) bond motifs is 1. The third-order valence-electron chi connectivity index (χ3n) is 3.86. The molecule has 0 saturated heterocycles. The van der Waals surface area contributed by atoms with Gasteiger partial charge < -0.3 is 5.32 Å². The number of anilines is 1. The summed E-state index contributed by atoms with van der Waals surface area (Å²) in [6.45, 7) is -0.0436. The fourth-order valence-corrected chi connectivity index (χ4v) is 2.71. The topological polar surface area (TPSA) is 90.5 Å². The lowest BCUT2D eigenvalue weighted by molar-refractivity contribution is -0.121. The predicted octanol–water partition coefficient (Wildman–Crippen LogP) is 1.83. The van der Waals surface area contributed by atoms with Crippen molar-refractivity contribution in [1.82, 2.24) is 15.8 Å². The molecule has 3 rings (SSSR count). The number of hydrazine groups is 1. The Morgan fingerprint density at radius 1 is 0.963 bits per heavy atom. The van der Waals surface area contributed by atoms with Crippen LogP contribution in [0.3, 0.4) is 0 Å². The number of thiocarbonyl (C=S) groups is 1. The van der Waals surface area contributed by atoms with Crippen molar-refractivity contribution in [3.05, 3.63) is 65.5 Å². The first-order chi connectivity index (χ1) is 13.0. The van der Waals surface area contributed by atoms with E-state index in [9.17, 15) is 18.8 Å². The summed E-state index contributed by atoms with van der Waals surface area (Å²) >= 11 is 5.01. The van der Waals surface area contributed by atoms with E-state index in [1.807, 2.05) is 0 Å². The van der Waals surface area contributed by atoms with Gasteiger partial charge in [-0.3, -0.25) is 30.1 Å². The third kappa shape index (κ3) is 4.26. The molecule has 1 aliphatic rings. The van der Waals surface area contributed by atoms with Crippen LogP contribution in [0.25, 0.3) is 0 Å². The van der Waals surface area contributed by atoms with Gasteiger partial charge in [0.25, 0.3) is 11.8 Å². The number of nitrogens with one attached hydrogen (secondary N) is 3. The molecule has 0 fully saturated rings. The largest absolute Gasteiger partial charge is 0.331 e. The maximum atomic E-state index is 12.8. The Morgan fingerprint density at radius 3 is 2.15 bits per heavy atom. The van der Waals surface area contributed by atoms with Gasteiger partial charge >= 0.3 is 0 Å². The number of amides is 3. The fourth-order valence-electron chi connectivity index (χ4n) is 2.54. The van der Waals surface area contributed by atoms with E-state index < -0.39 is 17.7 Å². The average molecular weight is 386 g/mol. The first-order valence-electron chi connectivity index (χ1n) is 8.02. The quantitative estimate of drug-likeness (QED) is 0.422. The van der Waals surface area contributed by atoms with Crippen LogP contribution in [0.15, 0.2) is 48.5 Å². The number of hydrogen-bond acceptors (Lipinski definition) is 4. The van der Waals surface area contributed by atoms with Gasteiger partial charge in [0.15, 0.2) is 5.11 Å². The lowest BCUT2D eigenvalue weighted by Crippen LogP contribution is -2.45. The number of carbonyl (C=O) groups excluding carboxylic acids is 3. The van der Waals surface area contributed by atoms with Crippen molar-refractivity contribution < 1.29 is 18.8 Å². The minimum Gasteiger partial charge on any atom is -0.331 e. The van der Waals surface area contributed by atoms with E-state index >= 15 is 0 Å². The van der Waals surface area contributed by atoms with Gasteiger partial charge in [0.1, 0.15) is 5.82 Å². The van der Waals surface area contributed by atoms with E-state index in [2.05, 4.69) is 16.2 Å². The molecule has 9 heteroatoms. The van der Waals surface area contributed by atoms with E-state index in [1.54, 1.807) is 24.3 Å². The third-order valence-corrected chi connectivity index (χ3v) is 4.06. The Balaban J connectivity index is 1.45. The van der Waals surface area contributed by atoms with Crippen molar-refractivity contribution in [1.29, 1.82) is 0 Å². The maximum Gasteiger partial charge on any atom is 0.261 e. The number of benzene rings is 2. The molecule has 0 saturated carbocycles. The highest BCUT2D eigenvalue weighted by atomic mass is 32.1. The van der Waals surface area contributed by atoms with Gasteiger partial charge in [-0.05, 0) is 48.6 Å². The van der Waals surface area contributed by atoms with Gasteiger partial charge in [-0.15, -0.1) is 0 Å². The Hall–Kier alpha value is -3.33.